The molecule has 0 radical (unpaired) electrons. The van der Waals surface area contributed by atoms with Crippen molar-refractivity contribution < 1.29 is 19.0 Å². The van der Waals surface area contributed by atoms with Crippen molar-refractivity contribution >= 4 is 41.6 Å². The summed E-state index contributed by atoms with van der Waals surface area (Å²) in [6.07, 6.45) is 0.853. The number of nitrogens with two attached hydrogens (primary N) is 1. The zero-order valence-electron chi connectivity index (χ0n) is 14.9. The first kappa shape index (κ1) is 20.8. The Labute approximate surface area is 174 Å². The number of fused-ring (bicyclic) bond motifs is 1. The third kappa shape index (κ3) is 5.75. The van der Waals surface area contributed by atoms with E-state index in [-0.39, 0.29) is 35.9 Å². The standard InChI is InChI=1S/C19H21N3O4.HI/c1-24-18(23)14-5-2-4-13(10-14)12-21-19(20)22-15-6-7-16-17(11-15)26-9-3-8-25-16;/h2,4-7,10-11H,3,8-9,12H2,1H3,(H3,20,21,22);1H. The Morgan fingerprint density at radius 1 is 1.19 bits per heavy atom. The Kier molecular flexibility index (Phi) is 7.71. The number of guanidine groups is 1. The van der Waals surface area contributed by atoms with E-state index >= 15 is 0 Å². The van der Waals surface area contributed by atoms with Crippen molar-refractivity contribution in [3.63, 3.8) is 0 Å². The fourth-order valence-electron chi connectivity index (χ4n) is 2.52. The molecule has 8 heteroatoms. The van der Waals surface area contributed by atoms with Crippen LogP contribution in [-0.2, 0) is 11.3 Å². The Morgan fingerprint density at radius 3 is 2.74 bits per heavy atom. The minimum absolute atomic E-state index is 0. The van der Waals surface area contributed by atoms with Gasteiger partial charge in [0.2, 0.25) is 0 Å². The van der Waals surface area contributed by atoms with Gasteiger partial charge in [0.25, 0.3) is 0 Å². The highest BCUT2D eigenvalue weighted by molar-refractivity contribution is 14.0. The molecular formula is C19H22IN3O4. The van der Waals surface area contributed by atoms with Crippen molar-refractivity contribution in [1.82, 2.24) is 0 Å². The average Bonchev–Trinajstić information content (AvgIpc) is 2.91. The lowest BCUT2D eigenvalue weighted by Crippen LogP contribution is -2.22. The summed E-state index contributed by atoms with van der Waals surface area (Å²) in [6, 6.07) is 12.6. The number of halogens is 1. The molecule has 7 nitrogen and oxygen atoms in total. The number of aliphatic imine (C=N–C) groups is 1. The van der Waals surface area contributed by atoms with Crippen LogP contribution in [0.15, 0.2) is 47.5 Å². The van der Waals surface area contributed by atoms with Gasteiger partial charge in [-0.05, 0) is 29.8 Å². The quantitative estimate of drug-likeness (QED) is 0.300. The van der Waals surface area contributed by atoms with Gasteiger partial charge in [-0.3, -0.25) is 0 Å². The Morgan fingerprint density at radius 2 is 1.96 bits per heavy atom. The summed E-state index contributed by atoms with van der Waals surface area (Å²) < 4.78 is 16.0. The Balaban J connectivity index is 0.00000261. The molecule has 2 aromatic carbocycles. The highest BCUT2D eigenvalue weighted by atomic mass is 127. The summed E-state index contributed by atoms with van der Waals surface area (Å²) in [7, 11) is 1.35. The van der Waals surface area contributed by atoms with Crippen LogP contribution < -0.4 is 20.5 Å². The zero-order valence-corrected chi connectivity index (χ0v) is 17.3. The Hall–Kier alpha value is -2.49. The predicted molar refractivity (Wildman–Crippen MR) is 114 cm³/mol. The molecule has 0 saturated heterocycles. The van der Waals surface area contributed by atoms with Gasteiger partial charge in [0.1, 0.15) is 0 Å². The van der Waals surface area contributed by atoms with Crippen LogP contribution in [0.1, 0.15) is 22.3 Å². The zero-order chi connectivity index (χ0) is 18.4. The number of carbonyl (C=O) groups excluding carboxylic acids is 1. The van der Waals surface area contributed by atoms with Crippen molar-refractivity contribution in [1.29, 1.82) is 0 Å². The van der Waals surface area contributed by atoms with Gasteiger partial charge in [-0.25, -0.2) is 9.79 Å². The second kappa shape index (κ2) is 10.0. The molecule has 0 bridgehead atoms. The number of ether oxygens (including phenoxy) is 3. The van der Waals surface area contributed by atoms with Crippen LogP contribution >= 0.6 is 24.0 Å². The summed E-state index contributed by atoms with van der Waals surface area (Å²) >= 11 is 0. The molecule has 2 aromatic rings. The second-order valence-corrected chi connectivity index (χ2v) is 5.73. The number of nitrogens with one attached hydrogen (secondary N) is 1. The molecule has 1 aliphatic heterocycles. The number of carbonyl (C=O) groups is 1. The second-order valence-electron chi connectivity index (χ2n) is 5.73. The number of anilines is 1. The van der Waals surface area contributed by atoms with Crippen LogP contribution in [0.4, 0.5) is 5.69 Å². The van der Waals surface area contributed by atoms with Gasteiger partial charge in [-0.15, -0.1) is 24.0 Å². The van der Waals surface area contributed by atoms with E-state index in [1.54, 1.807) is 18.2 Å². The van der Waals surface area contributed by atoms with E-state index in [0.717, 1.165) is 23.4 Å². The van der Waals surface area contributed by atoms with Crippen LogP contribution in [0, 0.1) is 0 Å². The molecule has 0 saturated carbocycles. The van der Waals surface area contributed by atoms with E-state index in [1.165, 1.54) is 7.11 Å². The number of rotatable bonds is 4. The van der Waals surface area contributed by atoms with Crippen molar-refractivity contribution in [3.8, 4) is 11.5 Å². The van der Waals surface area contributed by atoms with Gasteiger partial charge in [0.15, 0.2) is 17.5 Å². The fourth-order valence-corrected chi connectivity index (χ4v) is 2.52. The number of methoxy groups -OCH3 is 1. The summed E-state index contributed by atoms with van der Waals surface area (Å²) in [5.74, 6) is 1.30. The van der Waals surface area contributed by atoms with E-state index < -0.39 is 0 Å². The van der Waals surface area contributed by atoms with Crippen LogP contribution in [0.3, 0.4) is 0 Å². The van der Waals surface area contributed by atoms with Crippen LogP contribution in [0.5, 0.6) is 11.5 Å². The minimum Gasteiger partial charge on any atom is -0.490 e. The lowest BCUT2D eigenvalue weighted by Gasteiger charge is -2.11. The van der Waals surface area contributed by atoms with Crippen molar-refractivity contribution in [2.75, 3.05) is 25.6 Å². The molecule has 0 fully saturated rings. The summed E-state index contributed by atoms with van der Waals surface area (Å²) in [4.78, 5) is 15.9. The molecule has 1 aliphatic rings. The third-order valence-corrected chi connectivity index (χ3v) is 3.80. The molecule has 3 N–H and O–H groups in total. The summed E-state index contributed by atoms with van der Waals surface area (Å²) in [5.41, 5.74) is 8.06. The van der Waals surface area contributed by atoms with E-state index in [0.29, 0.717) is 31.1 Å². The smallest absolute Gasteiger partial charge is 0.337 e. The van der Waals surface area contributed by atoms with Gasteiger partial charge in [-0.1, -0.05) is 12.1 Å². The van der Waals surface area contributed by atoms with Crippen LogP contribution in [-0.4, -0.2) is 32.3 Å². The normalized spacial score (nSPS) is 13.1. The van der Waals surface area contributed by atoms with Gasteiger partial charge < -0.3 is 25.3 Å². The maximum absolute atomic E-state index is 11.6. The average molecular weight is 483 g/mol. The topological polar surface area (TPSA) is 95.2 Å². The molecule has 0 amide bonds. The summed E-state index contributed by atoms with van der Waals surface area (Å²) in [6.45, 7) is 1.61. The van der Waals surface area contributed by atoms with E-state index in [9.17, 15) is 4.79 Å². The molecule has 0 aliphatic carbocycles. The van der Waals surface area contributed by atoms with E-state index in [2.05, 4.69) is 10.3 Å². The van der Waals surface area contributed by atoms with Gasteiger partial charge in [0, 0.05) is 18.2 Å². The van der Waals surface area contributed by atoms with Crippen molar-refractivity contribution in [2.45, 2.75) is 13.0 Å². The number of benzene rings is 2. The van der Waals surface area contributed by atoms with Gasteiger partial charge >= 0.3 is 5.97 Å². The van der Waals surface area contributed by atoms with E-state index in [4.69, 9.17) is 19.9 Å². The summed E-state index contributed by atoms with van der Waals surface area (Å²) in [5, 5.41) is 3.03. The maximum atomic E-state index is 11.6. The first-order valence-electron chi connectivity index (χ1n) is 8.29. The molecule has 27 heavy (non-hydrogen) atoms. The first-order chi connectivity index (χ1) is 12.7. The molecule has 0 aromatic heterocycles. The number of nitrogens with zero attached hydrogens (tertiary/aromatic N) is 1. The third-order valence-electron chi connectivity index (χ3n) is 3.80. The Bertz CT molecular complexity index is 826. The molecule has 144 valence electrons. The van der Waals surface area contributed by atoms with Crippen LogP contribution in [0.2, 0.25) is 0 Å². The molecule has 0 spiro atoms. The molecule has 1 heterocycles. The first-order valence-corrected chi connectivity index (χ1v) is 8.29. The highest BCUT2D eigenvalue weighted by Crippen LogP contribution is 2.32. The van der Waals surface area contributed by atoms with Gasteiger partial charge in [-0.2, -0.15) is 0 Å². The van der Waals surface area contributed by atoms with E-state index in [1.807, 2.05) is 24.3 Å². The molecule has 3 rings (SSSR count). The SMILES string of the molecule is COC(=O)c1cccc(CN=C(N)Nc2ccc3c(c2)OCCCO3)c1.I. The fraction of sp³-hybridized carbons (Fsp3) is 0.263. The largest absolute Gasteiger partial charge is 0.490 e. The lowest BCUT2D eigenvalue weighted by molar-refractivity contribution is 0.0600. The van der Waals surface area contributed by atoms with Crippen molar-refractivity contribution in [2.24, 2.45) is 10.7 Å². The molecular weight excluding hydrogens is 461 g/mol. The van der Waals surface area contributed by atoms with Crippen molar-refractivity contribution in [3.05, 3.63) is 53.6 Å². The molecule has 0 atom stereocenters. The molecule has 0 unspecified atom stereocenters. The predicted octanol–water partition coefficient (Wildman–Crippen LogP) is 3.18. The van der Waals surface area contributed by atoms with Crippen LogP contribution in [0.25, 0.3) is 0 Å². The monoisotopic (exact) mass is 483 g/mol. The highest BCUT2D eigenvalue weighted by Gasteiger charge is 2.11. The minimum atomic E-state index is -0.380. The van der Waals surface area contributed by atoms with Gasteiger partial charge in [0.05, 0.1) is 32.4 Å². The number of hydrogen-bond donors (Lipinski definition) is 2. The number of hydrogen-bond acceptors (Lipinski definition) is 5. The maximum Gasteiger partial charge on any atom is 0.337 e. The number of esters is 1. The lowest BCUT2D eigenvalue weighted by atomic mass is 10.1.